The predicted octanol–water partition coefficient (Wildman–Crippen LogP) is 3.79. The van der Waals surface area contributed by atoms with Gasteiger partial charge in [0.2, 0.25) is 0 Å². The molecule has 0 saturated carbocycles. The standard InChI is InChI=1S/C8H7BrClF2N.ClH/c9-4-1-2-6(10)5(3-4)7(13)8(11)12;/h1-3,7-8H,13H2;1H/t7-;/m1./s1. The number of alkyl halides is 2. The molecule has 1 nitrogen and oxygen atoms in total. The van der Waals surface area contributed by atoms with Crippen LogP contribution in [0.5, 0.6) is 0 Å². The molecule has 0 amide bonds. The lowest BCUT2D eigenvalue weighted by atomic mass is 10.1. The highest BCUT2D eigenvalue weighted by Gasteiger charge is 2.19. The molecular formula is C8H8BrCl2F2N. The summed E-state index contributed by atoms with van der Waals surface area (Å²) in [6.45, 7) is 0. The lowest BCUT2D eigenvalue weighted by Crippen LogP contribution is -2.19. The lowest BCUT2D eigenvalue weighted by molar-refractivity contribution is 0.116. The van der Waals surface area contributed by atoms with Gasteiger partial charge in [-0.15, -0.1) is 12.4 Å². The summed E-state index contributed by atoms with van der Waals surface area (Å²) in [6, 6.07) is 3.37. The Labute approximate surface area is 100 Å². The Morgan fingerprint density at radius 2 is 1.93 bits per heavy atom. The topological polar surface area (TPSA) is 26.0 Å². The van der Waals surface area contributed by atoms with Crippen LogP contribution in [0.3, 0.4) is 0 Å². The van der Waals surface area contributed by atoms with Crippen LogP contribution in [0.2, 0.25) is 5.02 Å². The molecule has 0 bridgehead atoms. The molecule has 0 fully saturated rings. The molecule has 1 aromatic rings. The molecule has 0 aliphatic rings. The van der Waals surface area contributed by atoms with Gasteiger partial charge in [-0.1, -0.05) is 27.5 Å². The molecule has 14 heavy (non-hydrogen) atoms. The number of nitrogens with two attached hydrogens (primary N) is 1. The van der Waals surface area contributed by atoms with Crippen LogP contribution in [-0.4, -0.2) is 6.43 Å². The third-order valence-electron chi connectivity index (χ3n) is 1.59. The zero-order valence-electron chi connectivity index (χ0n) is 6.88. The molecule has 0 aliphatic carbocycles. The van der Waals surface area contributed by atoms with Crippen LogP contribution in [0.4, 0.5) is 8.78 Å². The highest BCUT2D eigenvalue weighted by Crippen LogP contribution is 2.28. The van der Waals surface area contributed by atoms with Gasteiger partial charge in [-0.3, -0.25) is 0 Å². The van der Waals surface area contributed by atoms with E-state index in [9.17, 15) is 8.78 Å². The molecule has 0 aliphatic heterocycles. The van der Waals surface area contributed by atoms with E-state index in [1.165, 1.54) is 12.1 Å². The van der Waals surface area contributed by atoms with Crippen LogP contribution in [0.15, 0.2) is 22.7 Å². The quantitative estimate of drug-likeness (QED) is 0.884. The largest absolute Gasteiger partial charge is 0.319 e. The maximum atomic E-state index is 12.2. The van der Waals surface area contributed by atoms with Crippen molar-refractivity contribution in [3.05, 3.63) is 33.3 Å². The van der Waals surface area contributed by atoms with E-state index >= 15 is 0 Å². The van der Waals surface area contributed by atoms with Crippen LogP contribution < -0.4 is 5.73 Å². The summed E-state index contributed by atoms with van der Waals surface area (Å²) < 4.78 is 25.1. The van der Waals surface area contributed by atoms with Crippen molar-refractivity contribution < 1.29 is 8.78 Å². The summed E-state index contributed by atoms with van der Waals surface area (Å²) in [5.74, 6) is 0. The molecule has 1 atom stereocenters. The van der Waals surface area contributed by atoms with E-state index in [0.717, 1.165) is 0 Å². The average Bonchev–Trinajstić information content (AvgIpc) is 2.08. The monoisotopic (exact) mass is 305 g/mol. The fourth-order valence-corrected chi connectivity index (χ4v) is 1.53. The summed E-state index contributed by atoms with van der Waals surface area (Å²) >= 11 is 8.86. The van der Waals surface area contributed by atoms with E-state index in [2.05, 4.69) is 15.9 Å². The average molecular weight is 307 g/mol. The van der Waals surface area contributed by atoms with Crippen LogP contribution in [0.1, 0.15) is 11.6 Å². The van der Waals surface area contributed by atoms with Crippen LogP contribution >= 0.6 is 39.9 Å². The highest BCUT2D eigenvalue weighted by molar-refractivity contribution is 9.10. The number of hydrogen-bond acceptors (Lipinski definition) is 1. The second kappa shape index (κ2) is 5.85. The molecule has 1 rings (SSSR count). The number of halogens is 5. The Kier molecular flexibility index (Phi) is 5.90. The van der Waals surface area contributed by atoms with Gasteiger partial charge < -0.3 is 5.73 Å². The normalized spacial score (nSPS) is 12.4. The van der Waals surface area contributed by atoms with Gasteiger partial charge in [-0.05, 0) is 23.8 Å². The van der Waals surface area contributed by atoms with Crippen molar-refractivity contribution >= 4 is 39.9 Å². The first-order valence-electron chi connectivity index (χ1n) is 3.51. The zero-order valence-corrected chi connectivity index (χ0v) is 10.0. The molecule has 0 heterocycles. The van der Waals surface area contributed by atoms with Crippen molar-refractivity contribution in [1.29, 1.82) is 0 Å². The lowest BCUT2D eigenvalue weighted by Gasteiger charge is -2.12. The minimum Gasteiger partial charge on any atom is -0.319 e. The van der Waals surface area contributed by atoms with Gasteiger partial charge >= 0.3 is 0 Å². The molecule has 0 aromatic heterocycles. The number of hydrogen-bond donors (Lipinski definition) is 1. The molecular weight excluding hydrogens is 299 g/mol. The minimum absolute atomic E-state index is 0. The van der Waals surface area contributed by atoms with E-state index in [1.807, 2.05) is 0 Å². The van der Waals surface area contributed by atoms with E-state index < -0.39 is 12.5 Å². The Hall–Kier alpha value is 0.1000. The fourth-order valence-electron chi connectivity index (χ4n) is 0.906. The molecule has 1 aromatic carbocycles. The first-order chi connectivity index (χ1) is 6.02. The summed E-state index contributed by atoms with van der Waals surface area (Å²) in [6.07, 6.45) is -2.60. The van der Waals surface area contributed by atoms with E-state index in [1.54, 1.807) is 6.07 Å². The van der Waals surface area contributed by atoms with Gasteiger partial charge in [-0.2, -0.15) is 0 Å². The number of rotatable bonds is 2. The van der Waals surface area contributed by atoms with E-state index in [0.29, 0.717) is 4.47 Å². The second-order valence-corrected chi connectivity index (χ2v) is 3.85. The van der Waals surface area contributed by atoms with Crippen molar-refractivity contribution in [2.75, 3.05) is 0 Å². The fraction of sp³-hybridized carbons (Fsp3) is 0.250. The molecule has 2 N–H and O–H groups in total. The molecule has 0 unspecified atom stereocenters. The van der Waals surface area contributed by atoms with Crippen LogP contribution in [-0.2, 0) is 0 Å². The Morgan fingerprint density at radius 3 is 2.43 bits per heavy atom. The van der Waals surface area contributed by atoms with Gasteiger partial charge in [-0.25, -0.2) is 8.78 Å². The van der Waals surface area contributed by atoms with Gasteiger partial charge in [0.25, 0.3) is 6.43 Å². The van der Waals surface area contributed by atoms with E-state index in [4.69, 9.17) is 17.3 Å². The first-order valence-corrected chi connectivity index (χ1v) is 4.68. The Morgan fingerprint density at radius 1 is 1.36 bits per heavy atom. The van der Waals surface area contributed by atoms with Gasteiger partial charge in [0.1, 0.15) is 0 Å². The zero-order chi connectivity index (χ0) is 10.0. The maximum absolute atomic E-state index is 12.2. The first kappa shape index (κ1) is 14.1. The molecule has 0 spiro atoms. The molecule has 80 valence electrons. The highest BCUT2D eigenvalue weighted by atomic mass is 79.9. The van der Waals surface area contributed by atoms with Crippen molar-refractivity contribution in [3.8, 4) is 0 Å². The third kappa shape index (κ3) is 3.35. The summed E-state index contributed by atoms with van der Waals surface area (Å²) in [7, 11) is 0. The van der Waals surface area contributed by atoms with E-state index in [-0.39, 0.29) is 23.0 Å². The smallest absolute Gasteiger partial charge is 0.257 e. The third-order valence-corrected chi connectivity index (χ3v) is 2.43. The predicted molar refractivity (Wildman–Crippen MR) is 59.3 cm³/mol. The van der Waals surface area contributed by atoms with Gasteiger partial charge in [0, 0.05) is 9.50 Å². The summed E-state index contributed by atoms with van der Waals surface area (Å²) in [4.78, 5) is 0. The van der Waals surface area contributed by atoms with Crippen molar-refractivity contribution in [2.24, 2.45) is 5.73 Å². The molecule has 0 radical (unpaired) electrons. The molecule has 0 saturated heterocycles. The summed E-state index contributed by atoms with van der Waals surface area (Å²) in [5.41, 5.74) is 5.51. The Bertz CT molecular complexity index is 309. The van der Waals surface area contributed by atoms with Crippen LogP contribution in [0.25, 0.3) is 0 Å². The number of benzene rings is 1. The van der Waals surface area contributed by atoms with Crippen molar-refractivity contribution in [3.63, 3.8) is 0 Å². The van der Waals surface area contributed by atoms with Crippen LogP contribution in [0, 0.1) is 0 Å². The van der Waals surface area contributed by atoms with Gasteiger partial charge in [0.05, 0.1) is 6.04 Å². The van der Waals surface area contributed by atoms with Crippen molar-refractivity contribution in [1.82, 2.24) is 0 Å². The Balaban J connectivity index is 0.00000169. The minimum atomic E-state index is -2.60. The summed E-state index contributed by atoms with van der Waals surface area (Å²) in [5, 5.41) is 0.260. The maximum Gasteiger partial charge on any atom is 0.257 e. The molecule has 6 heteroatoms. The SMILES string of the molecule is Cl.N[C@H](c1cc(Br)ccc1Cl)C(F)F. The van der Waals surface area contributed by atoms with Crippen molar-refractivity contribution in [2.45, 2.75) is 12.5 Å². The van der Waals surface area contributed by atoms with Gasteiger partial charge in [0.15, 0.2) is 0 Å². The second-order valence-electron chi connectivity index (χ2n) is 2.53.